The molecule has 2 aromatic heterocycles. The van der Waals surface area contributed by atoms with E-state index in [2.05, 4.69) is 21.0 Å². The lowest BCUT2D eigenvalue weighted by atomic mass is 10.4. The predicted molar refractivity (Wildman–Crippen MR) is 71.1 cm³/mol. The quantitative estimate of drug-likeness (QED) is 0.795. The molecule has 2 aliphatic rings. The summed E-state index contributed by atoms with van der Waals surface area (Å²) < 4.78 is 1.84. The van der Waals surface area contributed by atoms with Crippen LogP contribution in [0.15, 0.2) is 18.5 Å². The molecule has 2 aromatic rings. The molecule has 2 atom stereocenters. The number of hydrogen-bond donors (Lipinski definition) is 0. The van der Waals surface area contributed by atoms with Gasteiger partial charge in [-0.05, 0) is 24.3 Å². The Morgan fingerprint density at radius 2 is 2.06 bits per heavy atom. The van der Waals surface area contributed by atoms with Crippen LogP contribution in [0.4, 0.5) is 11.5 Å². The molecule has 0 bridgehead atoms. The standard InChI is InChI=1S/C13H17N5/c1-16(2)11-6-14-18-4-3-12(15-13(11)18)17-7-9-5-10(9)8-17/h3-4,6,9-10H,5,7-8H2,1-2H3. The van der Waals surface area contributed by atoms with Gasteiger partial charge in [0.25, 0.3) is 0 Å². The normalized spacial score (nSPS) is 25.6. The number of anilines is 2. The van der Waals surface area contributed by atoms with Gasteiger partial charge in [0.05, 0.1) is 6.20 Å². The molecule has 1 aliphatic heterocycles. The molecule has 2 unspecified atom stereocenters. The molecule has 5 heteroatoms. The summed E-state index contributed by atoms with van der Waals surface area (Å²) in [6.07, 6.45) is 5.30. The number of fused-ring (bicyclic) bond motifs is 2. The molecule has 1 aliphatic carbocycles. The van der Waals surface area contributed by atoms with Gasteiger partial charge in [0.15, 0.2) is 5.65 Å². The Morgan fingerprint density at radius 3 is 2.78 bits per heavy atom. The first-order valence-electron chi connectivity index (χ1n) is 6.49. The van der Waals surface area contributed by atoms with Crippen molar-refractivity contribution in [3.8, 4) is 0 Å². The third-order valence-electron chi connectivity index (χ3n) is 4.12. The second kappa shape index (κ2) is 3.37. The molecule has 2 fully saturated rings. The van der Waals surface area contributed by atoms with Crippen molar-refractivity contribution in [3.63, 3.8) is 0 Å². The third kappa shape index (κ3) is 1.39. The fraction of sp³-hybridized carbons (Fsp3) is 0.538. The summed E-state index contributed by atoms with van der Waals surface area (Å²) in [6.45, 7) is 2.36. The van der Waals surface area contributed by atoms with Crippen LogP contribution < -0.4 is 9.80 Å². The Morgan fingerprint density at radius 1 is 1.28 bits per heavy atom. The summed E-state index contributed by atoms with van der Waals surface area (Å²) in [4.78, 5) is 9.24. The van der Waals surface area contributed by atoms with Gasteiger partial charge in [-0.2, -0.15) is 5.10 Å². The van der Waals surface area contributed by atoms with Crippen LogP contribution >= 0.6 is 0 Å². The van der Waals surface area contributed by atoms with Crippen molar-refractivity contribution in [3.05, 3.63) is 18.5 Å². The summed E-state index contributed by atoms with van der Waals surface area (Å²) >= 11 is 0. The Balaban J connectivity index is 1.75. The van der Waals surface area contributed by atoms with Crippen molar-refractivity contribution < 1.29 is 0 Å². The number of rotatable bonds is 2. The fourth-order valence-electron chi connectivity index (χ4n) is 2.92. The van der Waals surface area contributed by atoms with Gasteiger partial charge in [-0.15, -0.1) is 0 Å². The summed E-state index contributed by atoms with van der Waals surface area (Å²) in [5.41, 5.74) is 2.01. The van der Waals surface area contributed by atoms with Crippen LogP contribution in [0.1, 0.15) is 6.42 Å². The molecule has 0 radical (unpaired) electrons. The van der Waals surface area contributed by atoms with Crippen LogP contribution in [0, 0.1) is 11.8 Å². The minimum atomic E-state index is 0.932. The first-order valence-corrected chi connectivity index (χ1v) is 6.49. The van der Waals surface area contributed by atoms with E-state index in [-0.39, 0.29) is 0 Å². The molecule has 0 amide bonds. The van der Waals surface area contributed by atoms with Crippen LogP contribution in [0.3, 0.4) is 0 Å². The van der Waals surface area contributed by atoms with E-state index >= 15 is 0 Å². The zero-order valence-corrected chi connectivity index (χ0v) is 10.7. The highest BCUT2D eigenvalue weighted by molar-refractivity contribution is 5.69. The van der Waals surface area contributed by atoms with Gasteiger partial charge in [-0.25, -0.2) is 9.50 Å². The molecule has 94 valence electrons. The molecule has 1 saturated carbocycles. The van der Waals surface area contributed by atoms with Crippen molar-refractivity contribution in [2.75, 3.05) is 37.0 Å². The maximum absolute atomic E-state index is 4.78. The molecule has 4 rings (SSSR count). The average Bonchev–Trinajstić information content (AvgIpc) is 2.81. The van der Waals surface area contributed by atoms with Gasteiger partial charge in [-0.3, -0.25) is 0 Å². The first-order chi connectivity index (χ1) is 8.72. The van der Waals surface area contributed by atoms with Crippen LogP contribution in [0.25, 0.3) is 5.65 Å². The molecular weight excluding hydrogens is 226 g/mol. The summed E-state index contributed by atoms with van der Waals surface area (Å²) in [5.74, 6) is 2.96. The first kappa shape index (κ1) is 10.2. The maximum atomic E-state index is 4.78. The van der Waals surface area contributed by atoms with Gasteiger partial charge >= 0.3 is 0 Å². The van der Waals surface area contributed by atoms with Gasteiger partial charge < -0.3 is 9.80 Å². The van der Waals surface area contributed by atoms with E-state index in [1.807, 2.05) is 31.0 Å². The third-order valence-corrected chi connectivity index (χ3v) is 4.12. The van der Waals surface area contributed by atoms with E-state index < -0.39 is 0 Å². The summed E-state index contributed by atoms with van der Waals surface area (Å²) in [7, 11) is 4.05. The van der Waals surface area contributed by atoms with E-state index in [1.165, 1.54) is 19.5 Å². The number of nitrogens with zero attached hydrogens (tertiary/aromatic N) is 5. The molecule has 0 spiro atoms. The van der Waals surface area contributed by atoms with E-state index in [4.69, 9.17) is 4.98 Å². The van der Waals surface area contributed by atoms with Gasteiger partial charge in [0, 0.05) is 33.4 Å². The second-order valence-corrected chi connectivity index (χ2v) is 5.64. The monoisotopic (exact) mass is 243 g/mol. The molecule has 3 heterocycles. The number of aromatic nitrogens is 3. The van der Waals surface area contributed by atoms with Crippen molar-refractivity contribution in [1.29, 1.82) is 0 Å². The second-order valence-electron chi connectivity index (χ2n) is 5.64. The topological polar surface area (TPSA) is 36.7 Å². The minimum absolute atomic E-state index is 0.932. The number of hydrogen-bond acceptors (Lipinski definition) is 4. The fourth-order valence-corrected chi connectivity index (χ4v) is 2.92. The molecule has 1 saturated heterocycles. The highest BCUT2D eigenvalue weighted by Crippen LogP contribution is 2.45. The molecule has 18 heavy (non-hydrogen) atoms. The smallest absolute Gasteiger partial charge is 0.180 e. The van der Waals surface area contributed by atoms with E-state index in [0.717, 1.165) is 29.0 Å². The van der Waals surface area contributed by atoms with Gasteiger partial charge in [-0.1, -0.05) is 0 Å². The van der Waals surface area contributed by atoms with Gasteiger partial charge in [0.1, 0.15) is 11.5 Å². The van der Waals surface area contributed by atoms with Crippen LogP contribution in [0.5, 0.6) is 0 Å². The summed E-state index contributed by atoms with van der Waals surface area (Å²) in [6, 6.07) is 2.07. The molecular formula is C13H17N5. The lowest BCUT2D eigenvalue weighted by Gasteiger charge is -2.19. The maximum Gasteiger partial charge on any atom is 0.180 e. The highest BCUT2D eigenvalue weighted by atomic mass is 15.3. The lowest BCUT2D eigenvalue weighted by Crippen LogP contribution is -2.23. The molecule has 0 N–H and O–H groups in total. The van der Waals surface area contributed by atoms with E-state index in [1.54, 1.807) is 0 Å². The zero-order valence-electron chi connectivity index (χ0n) is 10.7. The van der Waals surface area contributed by atoms with Crippen molar-refractivity contribution in [1.82, 2.24) is 14.6 Å². The van der Waals surface area contributed by atoms with Crippen LogP contribution in [-0.2, 0) is 0 Å². The zero-order chi connectivity index (χ0) is 12.3. The van der Waals surface area contributed by atoms with Crippen molar-refractivity contribution >= 4 is 17.2 Å². The predicted octanol–water partition coefficient (Wildman–Crippen LogP) is 1.25. The Bertz CT molecular complexity index is 592. The molecule has 0 aromatic carbocycles. The van der Waals surface area contributed by atoms with Crippen LogP contribution in [0.2, 0.25) is 0 Å². The lowest BCUT2D eigenvalue weighted by molar-refractivity contribution is 0.800. The van der Waals surface area contributed by atoms with Crippen LogP contribution in [-0.4, -0.2) is 41.8 Å². The van der Waals surface area contributed by atoms with E-state index in [0.29, 0.717) is 0 Å². The Kier molecular flexibility index (Phi) is 1.90. The molecule has 5 nitrogen and oxygen atoms in total. The summed E-state index contributed by atoms with van der Waals surface area (Å²) in [5, 5.41) is 4.33. The van der Waals surface area contributed by atoms with Crippen molar-refractivity contribution in [2.24, 2.45) is 11.8 Å². The Hall–Kier alpha value is -1.78. The Labute approximate surface area is 106 Å². The average molecular weight is 243 g/mol. The number of piperidine rings is 1. The SMILES string of the molecule is CN(C)c1cnn2ccc(N3CC4CC4C3)nc12. The minimum Gasteiger partial charge on any atom is -0.373 e. The highest BCUT2D eigenvalue weighted by Gasteiger charge is 2.45. The van der Waals surface area contributed by atoms with E-state index in [9.17, 15) is 0 Å². The van der Waals surface area contributed by atoms with Gasteiger partial charge in [0.2, 0.25) is 0 Å². The van der Waals surface area contributed by atoms with Crippen molar-refractivity contribution in [2.45, 2.75) is 6.42 Å². The largest absolute Gasteiger partial charge is 0.373 e.